The Morgan fingerprint density at radius 3 is 2.41 bits per heavy atom. The van der Waals surface area contributed by atoms with Crippen LogP contribution in [0.3, 0.4) is 0 Å². The van der Waals surface area contributed by atoms with Crippen LogP contribution < -0.4 is 10.1 Å². The molecule has 2 aromatic carbocycles. The first-order valence-electron chi connectivity index (χ1n) is 6.23. The number of halogens is 4. The van der Waals surface area contributed by atoms with Crippen molar-refractivity contribution in [2.24, 2.45) is 0 Å². The van der Waals surface area contributed by atoms with Crippen LogP contribution in [0.15, 0.2) is 48.5 Å². The zero-order valence-corrected chi connectivity index (χ0v) is 13.3. The first kappa shape index (κ1) is 16.6. The van der Waals surface area contributed by atoms with E-state index in [0.717, 1.165) is 3.57 Å². The number of para-hydroxylation sites is 1. The third kappa shape index (κ3) is 4.62. The average molecular weight is 421 g/mol. The number of hydrogen-bond acceptors (Lipinski definition) is 2. The fraction of sp³-hybridized carbons (Fsp3) is 0.133. The van der Waals surface area contributed by atoms with Gasteiger partial charge in [-0.3, -0.25) is 4.79 Å². The van der Waals surface area contributed by atoms with Crippen molar-refractivity contribution in [2.75, 3.05) is 0 Å². The third-order valence-corrected chi connectivity index (χ3v) is 3.70. The molecule has 0 heterocycles. The van der Waals surface area contributed by atoms with E-state index >= 15 is 0 Å². The quantitative estimate of drug-likeness (QED) is 0.755. The van der Waals surface area contributed by atoms with Gasteiger partial charge in [0.2, 0.25) is 0 Å². The molecule has 0 aliphatic heterocycles. The van der Waals surface area contributed by atoms with Crippen LogP contribution >= 0.6 is 22.6 Å². The second-order valence-electron chi connectivity index (χ2n) is 4.32. The van der Waals surface area contributed by atoms with Crippen molar-refractivity contribution in [3.8, 4) is 5.75 Å². The molecule has 0 aliphatic carbocycles. The summed E-state index contributed by atoms with van der Waals surface area (Å²) >= 11 is 2.02. The van der Waals surface area contributed by atoms with E-state index in [-0.39, 0.29) is 23.8 Å². The summed E-state index contributed by atoms with van der Waals surface area (Å²) in [5.41, 5.74) is 0.719. The fourth-order valence-corrected chi connectivity index (χ4v) is 2.42. The highest BCUT2D eigenvalue weighted by molar-refractivity contribution is 14.1. The number of benzene rings is 2. The van der Waals surface area contributed by atoms with Crippen molar-refractivity contribution in [3.05, 3.63) is 63.2 Å². The highest BCUT2D eigenvalue weighted by Gasteiger charge is 2.31. The fourth-order valence-electron chi connectivity index (χ4n) is 1.79. The Labute approximate surface area is 138 Å². The van der Waals surface area contributed by atoms with Gasteiger partial charge in [-0.15, -0.1) is 13.2 Å². The second-order valence-corrected chi connectivity index (χ2v) is 5.48. The molecule has 22 heavy (non-hydrogen) atoms. The zero-order chi connectivity index (χ0) is 16.2. The van der Waals surface area contributed by atoms with E-state index in [2.05, 4.69) is 10.1 Å². The van der Waals surface area contributed by atoms with Gasteiger partial charge in [-0.05, 0) is 40.8 Å². The molecule has 0 aromatic heterocycles. The number of nitrogens with one attached hydrogen (secondary N) is 1. The van der Waals surface area contributed by atoms with Gasteiger partial charge in [0.25, 0.3) is 5.91 Å². The maximum Gasteiger partial charge on any atom is 0.573 e. The Morgan fingerprint density at radius 1 is 1.09 bits per heavy atom. The topological polar surface area (TPSA) is 38.3 Å². The molecule has 1 amide bonds. The van der Waals surface area contributed by atoms with Crippen molar-refractivity contribution >= 4 is 28.5 Å². The van der Waals surface area contributed by atoms with Gasteiger partial charge in [0.15, 0.2) is 0 Å². The lowest BCUT2D eigenvalue weighted by Crippen LogP contribution is -2.25. The second kappa shape index (κ2) is 6.99. The molecule has 0 spiro atoms. The number of alkyl halides is 3. The van der Waals surface area contributed by atoms with Crippen LogP contribution in [0.5, 0.6) is 5.75 Å². The molecular formula is C15H11F3INO2. The van der Waals surface area contributed by atoms with Gasteiger partial charge in [0.05, 0.1) is 5.56 Å². The van der Waals surface area contributed by atoms with Crippen LogP contribution in [-0.2, 0) is 6.54 Å². The van der Waals surface area contributed by atoms with Crippen LogP contribution in [0.4, 0.5) is 13.2 Å². The summed E-state index contributed by atoms with van der Waals surface area (Å²) in [6.07, 6.45) is -4.77. The SMILES string of the molecule is O=C(NCc1ccccc1OC(F)(F)F)c1ccccc1I. The molecule has 2 aromatic rings. The van der Waals surface area contributed by atoms with Crippen molar-refractivity contribution in [2.45, 2.75) is 12.9 Å². The van der Waals surface area contributed by atoms with Crippen molar-refractivity contribution in [1.82, 2.24) is 5.32 Å². The van der Waals surface area contributed by atoms with Crippen molar-refractivity contribution in [1.29, 1.82) is 0 Å². The smallest absolute Gasteiger partial charge is 0.405 e. The monoisotopic (exact) mass is 421 g/mol. The third-order valence-electron chi connectivity index (χ3n) is 2.76. The summed E-state index contributed by atoms with van der Waals surface area (Å²) in [4.78, 5) is 12.1. The normalized spacial score (nSPS) is 11.1. The summed E-state index contributed by atoms with van der Waals surface area (Å²) in [5.74, 6) is -0.676. The number of rotatable bonds is 4. The van der Waals surface area contributed by atoms with Gasteiger partial charge in [-0.2, -0.15) is 0 Å². The van der Waals surface area contributed by atoms with Crippen molar-refractivity contribution in [3.63, 3.8) is 0 Å². The van der Waals surface area contributed by atoms with Gasteiger partial charge in [0, 0.05) is 15.7 Å². The van der Waals surface area contributed by atoms with Crippen LogP contribution in [0, 0.1) is 3.57 Å². The predicted octanol–water partition coefficient (Wildman–Crippen LogP) is 4.12. The number of carbonyl (C=O) groups is 1. The van der Waals surface area contributed by atoms with Gasteiger partial charge < -0.3 is 10.1 Å². The van der Waals surface area contributed by atoms with Gasteiger partial charge in [-0.25, -0.2) is 0 Å². The standard InChI is InChI=1S/C15H11F3INO2/c16-15(17,18)22-13-8-4-1-5-10(13)9-20-14(21)11-6-2-3-7-12(11)19/h1-8H,9H2,(H,20,21). The first-order chi connectivity index (χ1) is 10.4. The van der Waals surface area contributed by atoms with E-state index in [9.17, 15) is 18.0 Å². The Balaban J connectivity index is 2.09. The number of amides is 1. The van der Waals surface area contributed by atoms with Crippen molar-refractivity contribution < 1.29 is 22.7 Å². The average Bonchev–Trinajstić information content (AvgIpc) is 2.45. The molecule has 0 saturated heterocycles. The number of hydrogen-bond donors (Lipinski definition) is 1. The molecule has 0 radical (unpaired) electrons. The van der Waals surface area contributed by atoms with Crippen LogP contribution in [-0.4, -0.2) is 12.3 Å². The maximum atomic E-state index is 12.3. The minimum Gasteiger partial charge on any atom is -0.405 e. The molecular weight excluding hydrogens is 410 g/mol. The van der Waals surface area contributed by atoms with Crippen LogP contribution in [0.2, 0.25) is 0 Å². The molecule has 0 unspecified atom stereocenters. The maximum absolute atomic E-state index is 12.3. The molecule has 0 bridgehead atoms. The lowest BCUT2D eigenvalue weighted by Gasteiger charge is -2.13. The van der Waals surface area contributed by atoms with Gasteiger partial charge >= 0.3 is 6.36 Å². The molecule has 0 fully saturated rings. The molecule has 1 N–H and O–H groups in total. The van der Waals surface area contributed by atoms with E-state index < -0.39 is 6.36 Å². The van der Waals surface area contributed by atoms with E-state index in [4.69, 9.17) is 0 Å². The molecule has 3 nitrogen and oxygen atoms in total. The molecule has 2 rings (SSSR count). The lowest BCUT2D eigenvalue weighted by atomic mass is 10.2. The van der Waals surface area contributed by atoms with Crippen LogP contribution in [0.25, 0.3) is 0 Å². The number of ether oxygens (including phenoxy) is 1. The molecule has 0 saturated carbocycles. The Hall–Kier alpha value is -1.77. The van der Waals surface area contributed by atoms with E-state index in [1.54, 1.807) is 30.3 Å². The van der Waals surface area contributed by atoms with E-state index in [1.807, 2.05) is 22.6 Å². The Bertz CT molecular complexity index is 674. The van der Waals surface area contributed by atoms with Crippen LogP contribution in [0.1, 0.15) is 15.9 Å². The molecule has 0 aliphatic rings. The number of carbonyl (C=O) groups excluding carboxylic acids is 1. The summed E-state index contributed by atoms with van der Waals surface area (Å²) in [7, 11) is 0. The predicted molar refractivity (Wildman–Crippen MR) is 83.5 cm³/mol. The zero-order valence-electron chi connectivity index (χ0n) is 11.2. The Morgan fingerprint density at radius 2 is 1.73 bits per heavy atom. The minimum absolute atomic E-state index is 0.0595. The summed E-state index contributed by atoms with van der Waals surface area (Å²) < 4.78 is 41.7. The lowest BCUT2D eigenvalue weighted by molar-refractivity contribution is -0.274. The van der Waals surface area contributed by atoms with E-state index in [1.165, 1.54) is 18.2 Å². The summed E-state index contributed by atoms with van der Waals surface area (Å²) in [6.45, 7) is -0.0595. The van der Waals surface area contributed by atoms with E-state index in [0.29, 0.717) is 5.56 Å². The summed E-state index contributed by atoms with van der Waals surface area (Å²) in [5, 5.41) is 2.59. The molecule has 7 heteroatoms. The van der Waals surface area contributed by atoms with Gasteiger partial charge in [0.1, 0.15) is 5.75 Å². The molecule has 116 valence electrons. The van der Waals surface area contributed by atoms with Gasteiger partial charge in [-0.1, -0.05) is 30.3 Å². The Kier molecular flexibility index (Phi) is 5.28. The first-order valence-corrected chi connectivity index (χ1v) is 7.31. The molecule has 0 atom stereocenters. The minimum atomic E-state index is -4.77. The highest BCUT2D eigenvalue weighted by atomic mass is 127. The largest absolute Gasteiger partial charge is 0.573 e. The highest BCUT2D eigenvalue weighted by Crippen LogP contribution is 2.26. The summed E-state index contributed by atoms with van der Waals surface area (Å²) in [6, 6.07) is 12.6.